The molecule has 0 aliphatic rings. The van der Waals surface area contributed by atoms with Crippen LogP contribution in [-0.2, 0) is 50.5 Å². The van der Waals surface area contributed by atoms with Crippen LogP contribution in [0.2, 0.25) is 0 Å². The van der Waals surface area contributed by atoms with Gasteiger partial charge in [-0.05, 0) is 0 Å². The fourth-order valence-corrected chi connectivity index (χ4v) is 0. The van der Waals surface area contributed by atoms with Crippen molar-refractivity contribution in [2.75, 3.05) is 0 Å². The maximum atomic E-state index is 7.13. The fraction of sp³-hybridized carbons (Fsp3) is 0. The van der Waals surface area contributed by atoms with E-state index >= 15 is 0 Å². The van der Waals surface area contributed by atoms with E-state index in [1.807, 2.05) is 0 Å². The maximum absolute atomic E-state index is 7.13. The molecule has 0 rings (SSSR count). The first-order chi connectivity index (χ1) is 5.66. The zero-order chi connectivity index (χ0) is 10.8. The fourth-order valence-electron chi connectivity index (χ4n) is 0. The summed E-state index contributed by atoms with van der Waals surface area (Å²) in [5, 5.41) is 33.9. The molecular weight excluding hydrogens is 440 g/mol. The Labute approximate surface area is 119 Å². The predicted octanol–water partition coefficient (Wildman–Crippen LogP) is -0.323. The number of thiocyanates is 4. The molecule has 0 amide bonds. The van der Waals surface area contributed by atoms with Crippen molar-refractivity contribution in [3.63, 3.8) is 0 Å². The molecule has 0 aromatic heterocycles. The third-order valence-corrected chi connectivity index (χ3v) is 0. The van der Waals surface area contributed by atoms with Gasteiger partial charge in [-0.1, -0.05) is 21.6 Å². The van der Waals surface area contributed by atoms with Crippen molar-refractivity contribution in [3.8, 4) is 21.6 Å². The third kappa shape index (κ3) is 19800. The molecule has 0 aromatic carbocycles. The van der Waals surface area contributed by atoms with Gasteiger partial charge in [0.05, 0.1) is 0 Å². The van der Waals surface area contributed by atoms with Crippen LogP contribution in [0.4, 0.5) is 0 Å². The molecule has 0 bridgehead atoms. The van der Waals surface area contributed by atoms with Crippen LogP contribution in [0.5, 0.6) is 0 Å². The summed E-state index contributed by atoms with van der Waals surface area (Å²) < 4.78 is 0. The van der Waals surface area contributed by atoms with Crippen LogP contribution in [-0.4, -0.2) is 27.3 Å². The number of rotatable bonds is 0. The molecule has 0 saturated heterocycles. The molecule has 13 heavy (non-hydrogen) atoms. The number of nitrogens with zero attached hydrogens (tertiary/aromatic N) is 4. The SMILES string of the molecule is N#C[S-].N#C[S-].N#C[S-].N#C[S-].[Pb]. The molecule has 68 valence electrons. The number of nitriles is 4. The molecule has 0 atom stereocenters. The molecule has 0 unspecified atom stereocenters. The van der Waals surface area contributed by atoms with E-state index < -0.39 is 0 Å². The minimum Gasteiger partial charge on any atom is -0.696 e. The zero-order valence-corrected chi connectivity index (χ0v) is 13.1. The summed E-state index contributed by atoms with van der Waals surface area (Å²) in [6, 6.07) is 0. The summed E-state index contributed by atoms with van der Waals surface area (Å²) in [4.78, 5) is 0. The summed E-state index contributed by atoms with van der Waals surface area (Å²) in [6.45, 7) is 0. The van der Waals surface area contributed by atoms with E-state index in [1.54, 1.807) is 0 Å². The van der Waals surface area contributed by atoms with E-state index in [2.05, 4.69) is 50.5 Å². The Balaban J connectivity index is -0.0000000213. The largest absolute Gasteiger partial charge is 0.696 e. The van der Waals surface area contributed by atoms with Crippen molar-refractivity contribution in [3.05, 3.63) is 0 Å². The van der Waals surface area contributed by atoms with Gasteiger partial charge in [0.2, 0.25) is 0 Å². The minimum atomic E-state index is 0. The summed E-state index contributed by atoms with van der Waals surface area (Å²) in [5.74, 6) is 0. The Morgan fingerprint density at radius 3 is 0.538 bits per heavy atom. The van der Waals surface area contributed by atoms with Gasteiger partial charge in [0.25, 0.3) is 0 Å². The number of hydrogen-bond acceptors (Lipinski definition) is 8. The molecule has 0 heterocycles. The van der Waals surface area contributed by atoms with E-state index in [1.165, 1.54) is 21.6 Å². The standard InChI is InChI=1S/4CHNS.Pb/c4*2-1-3;/h4*3H;/p-4. The topological polar surface area (TPSA) is 95.2 Å². The van der Waals surface area contributed by atoms with Crippen LogP contribution in [0.1, 0.15) is 0 Å². The van der Waals surface area contributed by atoms with E-state index in [0.717, 1.165) is 0 Å². The Hall–Kier alpha value is -0.238. The van der Waals surface area contributed by atoms with Gasteiger partial charge in [0, 0.05) is 27.3 Å². The second-order valence-corrected chi connectivity index (χ2v) is 1.10. The van der Waals surface area contributed by atoms with Crippen LogP contribution < -0.4 is 0 Å². The van der Waals surface area contributed by atoms with Crippen molar-refractivity contribution in [2.45, 2.75) is 0 Å². The first-order valence-corrected chi connectivity index (χ1v) is 3.34. The quantitative estimate of drug-likeness (QED) is 0.288. The van der Waals surface area contributed by atoms with Crippen molar-refractivity contribution in [2.24, 2.45) is 0 Å². The van der Waals surface area contributed by atoms with Crippen molar-refractivity contribution in [1.29, 1.82) is 21.0 Å². The molecule has 0 aliphatic carbocycles. The molecule has 0 fully saturated rings. The maximum Gasteiger partial charge on any atom is 0 e. The van der Waals surface area contributed by atoms with Crippen LogP contribution in [0, 0.1) is 42.7 Å². The minimum absolute atomic E-state index is 0. The zero-order valence-electron chi connectivity index (χ0n) is 5.92. The van der Waals surface area contributed by atoms with Gasteiger partial charge in [-0.2, -0.15) is 0 Å². The smallest absolute Gasteiger partial charge is 0 e. The van der Waals surface area contributed by atoms with Gasteiger partial charge in [-0.3, -0.25) is 0 Å². The monoisotopic (exact) mass is 440 g/mol. The van der Waals surface area contributed by atoms with Gasteiger partial charge in [-0.15, -0.1) is 0 Å². The van der Waals surface area contributed by atoms with E-state index in [4.69, 9.17) is 21.0 Å². The Kier molecular flexibility index (Phi) is 217. The average Bonchev–Trinajstić information content (AvgIpc) is 1.92. The first-order valence-electron chi connectivity index (χ1n) is 1.71. The van der Waals surface area contributed by atoms with Crippen molar-refractivity contribution >= 4 is 77.8 Å². The number of hydrogen-bond donors (Lipinski definition) is 0. The van der Waals surface area contributed by atoms with Gasteiger partial charge >= 0.3 is 0 Å². The summed E-state index contributed by atoms with van der Waals surface area (Å²) in [7, 11) is 0. The molecule has 0 saturated carbocycles. The third-order valence-electron chi connectivity index (χ3n) is 0. The van der Waals surface area contributed by atoms with Crippen molar-refractivity contribution < 1.29 is 0 Å². The van der Waals surface area contributed by atoms with Gasteiger partial charge in [-0.25, -0.2) is 21.0 Å². The van der Waals surface area contributed by atoms with Crippen LogP contribution in [0.3, 0.4) is 0 Å². The molecular formula is C4N4PbS4-4. The molecule has 0 aromatic rings. The molecule has 0 spiro atoms. The molecule has 0 aliphatic heterocycles. The van der Waals surface area contributed by atoms with E-state index in [9.17, 15) is 0 Å². The van der Waals surface area contributed by atoms with Gasteiger partial charge in [0.15, 0.2) is 0 Å². The van der Waals surface area contributed by atoms with E-state index in [0.29, 0.717) is 0 Å². The molecule has 4 radical (unpaired) electrons. The summed E-state index contributed by atoms with van der Waals surface area (Å²) >= 11 is 14.8. The van der Waals surface area contributed by atoms with Crippen molar-refractivity contribution in [1.82, 2.24) is 0 Å². The summed E-state index contributed by atoms with van der Waals surface area (Å²) in [6.07, 6.45) is 0. The predicted molar refractivity (Wildman–Crippen MR) is 57.7 cm³/mol. The van der Waals surface area contributed by atoms with Crippen LogP contribution >= 0.6 is 0 Å². The first kappa shape index (κ1) is 29.3. The Bertz CT molecular complexity index is 158. The van der Waals surface area contributed by atoms with E-state index in [-0.39, 0.29) is 27.3 Å². The average molecular weight is 440 g/mol. The normalized spacial score (nSPS) is 2.15. The Morgan fingerprint density at radius 1 is 0.538 bits per heavy atom. The van der Waals surface area contributed by atoms with Crippen LogP contribution in [0.25, 0.3) is 0 Å². The Morgan fingerprint density at radius 2 is 0.538 bits per heavy atom. The molecule has 0 N–H and O–H groups in total. The molecule has 9 heteroatoms. The second kappa shape index (κ2) is 96.3. The second-order valence-electron chi connectivity index (χ2n) is 0.365. The van der Waals surface area contributed by atoms with Gasteiger partial charge in [0.1, 0.15) is 0 Å². The van der Waals surface area contributed by atoms with Crippen LogP contribution in [0.15, 0.2) is 0 Å². The summed E-state index contributed by atoms with van der Waals surface area (Å²) in [5.41, 5.74) is 0. The van der Waals surface area contributed by atoms with Gasteiger partial charge < -0.3 is 50.5 Å². The molecule has 4 nitrogen and oxygen atoms in total.